The average molecular weight is 652 g/mol. The summed E-state index contributed by atoms with van der Waals surface area (Å²) in [5.41, 5.74) is 9.76. The number of hydrogen-bond acceptors (Lipinski definition) is 9. The molecule has 45 heavy (non-hydrogen) atoms. The number of carboxylic acids is 2. The number of benzene rings is 2. The fourth-order valence-electron chi connectivity index (χ4n) is 4.12. The lowest BCUT2D eigenvalue weighted by Gasteiger charge is -2.29. The van der Waals surface area contributed by atoms with E-state index in [4.69, 9.17) is 20.8 Å². The fraction of sp³-hybridized carbons (Fsp3) is 0.250. The summed E-state index contributed by atoms with van der Waals surface area (Å²) in [6.07, 6.45) is -2.60. The zero-order valence-electron chi connectivity index (χ0n) is 23.7. The van der Waals surface area contributed by atoms with E-state index in [2.05, 4.69) is 16.5 Å². The van der Waals surface area contributed by atoms with Gasteiger partial charge in [0.1, 0.15) is 18.3 Å². The molecule has 2 aromatic rings. The van der Waals surface area contributed by atoms with Gasteiger partial charge < -0.3 is 26.5 Å². The van der Waals surface area contributed by atoms with E-state index in [0.29, 0.717) is 32.3 Å². The van der Waals surface area contributed by atoms with Crippen molar-refractivity contribution in [3.63, 3.8) is 0 Å². The summed E-state index contributed by atoms with van der Waals surface area (Å²) in [6, 6.07) is 14.4. The van der Waals surface area contributed by atoms with Crippen LogP contribution in [-0.2, 0) is 24.4 Å². The number of oxime groups is 1. The Bertz CT molecular complexity index is 1700. The van der Waals surface area contributed by atoms with Crippen molar-refractivity contribution in [2.45, 2.75) is 32.0 Å². The molecule has 6 N–H and O–H groups in total. The van der Waals surface area contributed by atoms with Gasteiger partial charge in [0.15, 0.2) is 0 Å². The van der Waals surface area contributed by atoms with E-state index in [1.165, 1.54) is 0 Å². The number of aliphatic carboxylic acids is 2. The van der Waals surface area contributed by atoms with Crippen molar-refractivity contribution < 1.29 is 51.4 Å². The number of nitriles is 1. The summed E-state index contributed by atoms with van der Waals surface area (Å²) >= 11 is 0. The molecule has 0 fully saturated rings. The van der Waals surface area contributed by atoms with E-state index in [0.717, 1.165) is 11.8 Å². The zero-order chi connectivity index (χ0) is 34.1. The Morgan fingerprint density at radius 3 is 2.20 bits per heavy atom. The number of hydrogen-bond donors (Lipinski definition) is 5. The van der Waals surface area contributed by atoms with Crippen molar-refractivity contribution >= 4 is 39.3 Å². The number of alkyl halides is 3. The first-order valence-corrected chi connectivity index (χ1v) is 14.5. The summed E-state index contributed by atoms with van der Waals surface area (Å²) in [6.45, 7) is 0.718. The van der Waals surface area contributed by atoms with E-state index in [9.17, 15) is 41.5 Å². The Hall–Kier alpha value is -5.21. The highest BCUT2D eigenvalue weighted by molar-refractivity contribution is 7.88. The van der Waals surface area contributed by atoms with Crippen molar-refractivity contribution in [2.24, 2.45) is 10.9 Å². The molecule has 1 amide bonds. The first kappa shape index (κ1) is 36.0. The van der Waals surface area contributed by atoms with Gasteiger partial charge in [0, 0.05) is 12.1 Å². The topological polar surface area (TPSA) is 223 Å². The van der Waals surface area contributed by atoms with Crippen LogP contribution in [0.3, 0.4) is 0 Å². The molecule has 1 aliphatic rings. The number of carboxylic acid groups (broad SMARTS) is 2. The second kappa shape index (κ2) is 15.0. The van der Waals surface area contributed by atoms with E-state index in [1.807, 2.05) is 0 Å². The molecule has 1 atom stereocenters. The van der Waals surface area contributed by atoms with Gasteiger partial charge in [-0.3, -0.25) is 9.59 Å². The molecule has 0 radical (unpaired) electrons. The largest absolute Gasteiger partial charge is 0.490 e. The van der Waals surface area contributed by atoms with Gasteiger partial charge in [-0.1, -0.05) is 41.6 Å². The molecule has 0 aliphatic heterocycles. The van der Waals surface area contributed by atoms with Crippen LogP contribution in [0.15, 0.2) is 76.6 Å². The van der Waals surface area contributed by atoms with Gasteiger partial charge >= 0.3 is 18.1 Å². The number of rotatable bonds is 9. The first-order valence-electron chi connectivity index (χ1n) is 12.7. The lowest BCUT2D eigenvalue weighted by molar-refractivity contribution is -0.192. The molecule has 13 nitrogen and oxygen atoms in total. The molecule has 240 valence electrons. The molecular weight excluding hydrogens is 623 g/mol. The van der Waals surface area contributed by atoms with Crippen molar-refractivity contribution in [1.29, 1.82) is 5.26 Å². The first-order chi connectivity index (χ1) is 20.9. The van der Waals surface area contributed by atoms with Crippen molar-refractivity contribution in [2.75, 3.05) is 18.1 Å². The predicted octanol–water partition coefficient (Wildman–Crippen LogP) is 3.29. The van der Waals surface area contributed by atoms with Crippen molar-refractivity contribution in [3.05, 3.63) is 77.0 Å². The Morgan fingerprint density at radius 1 is 1.13 bits per heavy atom. The lowest BCUT2D eigenvalue weighted by atomic mass is 9.90. The number of allylic oxidation sites excluding steroid dienone is 3. The third kappa shape index (κ3) is 9.91. The van der Waals surface area contributed by atoms with Gasteiger partial charge in [-0.25, -0.2) is 13.2 Å². The van der Waals surface area contributed by atoms with Crippen molar-refractivity contribution in [1.82, 2.24) is 4.31 Å². The number of amides is 1. The number of carbonyl (C=O) groups excluding carboxylic acids is 1. The summed E-state index contributed by atoms with van der Waals surface area (Å²) in [5.74, 6) is -4.92. The maximum absolute atomic E-state index is 13.4. The standard InChI is InChI=1S/C26H27N5O6S.C2HF3O2/c1-16-18(9-12-22(30-35)25(16)28)13-23(31(15-24(32)33)38(2,36)37)26(34)29-20-10-7-17(8-11-20)21-6-4-3-5-19(21)14-27;3-2(4,5)1(6)7/h3-11,23,35H,12-13,15,28H2,1-2H3,(H,29,34)(H,32,33);(H,6,7). The van der Waals surface area contributed by atoms with Crippen LogP contribution in [0.4, 0.5) is 18.9 Å². The SMILES string of the molecule is CC1=C(N)C(=NO)CC=C1CC(C(=O)Nc1ccc(-c2ccccc2C#N)cc1)N(CC(=O)O)S(C)(=O)=O.O=C(O)C(F)(F)F. The molecule has 0 spiro atoms. The molecule has 0 bridgehead atoms. The lowest BCUT2D eigenvalue weighted by Crippen LogP contribution is -2.49. The van der Waals surface area contributed by atoms with E-state index in [-0.39, 0.29) is 24.3 Å². The molecule has 1 aliphatic carbocycles. The quantitative estimate of drug-likeness (QED) is 0.196. The number of halogens is 3. The molecule has 0 heterocycles. The van der Waals surface area contributed by atoms with E-state index < -0.39 is 46.6 Å². The van der Waals surface area contributed by atoms with Gasteiger partial charge in [0.2, 0.25) is 15.9 Å². The van der Waals surface area contributed by atoms with Gasteiger partial charge in [0.25, 0.3) is 0 Å². The summed E-state index contributed by atoms with van der Waals surface area (Å²) in [4.78, 5) is 33.8. The van der Waals surface area contributed by atoms with Crippen LogP contribution in [0.25, 0.3) is 11.1 Å². The Morgan fingerprint density at radius 2 is 1.71 bits per heavy atom. The Kier molecular flexibility index (Phi) is 12.0. The number of anilines is 1. The second-order valence-electron chi connectivity index (χ2n) is 9.47. The third-order valence-electron chi connectivity index (χ3n) is 6.39. The molecular formula is C28H28F3N5O8S. The predicted molar refractivity (Wildman–Crippen MR) is 155 cm³/mol. The maximum Gasteiger partial charge on any atom is 0.490 e. The minimum atomic E-state index is -5.08. The van der Waals surface area contributed by atoms with Crippen LogP contribution in [0, 0.1) is 11.3 Å². The highest BCUT2D eigenvalue weighted by atomic mass is 32.2. The number of nitrogens with two attached hydrogens (primary N) is 1. The molecule has 0 saturated heterocycles. The maximum atomic E-state index is 13.4. The minimum absolute atomic E-state index is 0.160. The molecule has 17 heteroatoms. The minimum Gasteiger partial charge on any atom is -0.480 e. The number of nitrogens with zero attached hydrogens (tertiary/aromatic N) is 3. The zero-order valence-corrected chi connectivity index (χ0v) is 24.6. The monoisotopic (exact) mass is 651 g/mol. The van der Waals surface area contributed by atoms with Crippen LogP contribution in [0.5, 0.6) is 0 Å². The van der Waals surface area contributed by atoms with Gasteiger partial charge in [-0.05, 0) is 53.8 Å². The molecule has 0 aromatic heterocycles. The van der Waals surface area contributed by atoms with Crippen LogP contribution < -0.4 is 11.1 Å². The smallest absolute Gasteiger partial charge is 0.480 e. The molecule has 0 saturated carbocycles. The highest BCUT2D eigenvalue weighted by Gasteiger charge is 2.38. The summed E-state index contributed by atoms with van der Waals surface area (Å²) in [5, 5.41) is 40.8. The molecule has 3 rings (SSSR count). The fourth-order valence-corrected chi connectivity index (χ4v) is 5.10. The average Bonchev–Trinajstić information content (AvgIpc) is 2.96. The van der Waals surface area contributed by atoms with E-state index >= 15 is 0 Å². The number of carbonyl (C=O) groups is 3. The number of nitrogens with one attached hydrogen (secondary N) is 1. The van der Waals surface area contributed by atoms with Gasteiger partial charge in [-0.15, -0.1) is 0 Å². The summed E-state index contributed by atoms with van der Waals surface area (Å²) in [7, 11) is -4.12. The van der Waals surface area contributed by atoms with Crippen LogP contribution in [0.1, 0.15) is 25.3 Å². The van der Waals surface area contributed by atoms with Crippen LogP contribution >= 0.6 is 0 Å². The Balaban J connectivity index is 0.000000900. The molecule has 2 aromatic carbocycles. The Labute approximate surface area is 255 Å². The normalized spacial score (nSPS) is 15.0. The number of sulfonamides is 1. The van der Waals surface area contributed by atoms with Crippen molar-refractivity contribution in [3.8, 4) is 17.2 Å². The molecule has 1 unspecified atom stereocenters. The van der Waals surface area contributed by atoms with E-state index in [1.54, 1.807) is 61.5 Å². The van der Waals surface area contributed by atoms with Crippen LogP contribution in [-0.4, -0.2) is 76.7 Å². The highest BCUT2D eigenvalue weighted by Crippen LogP contribution is 2.28. The van der Waals surface area contributed by atoms with Gasteiger partial charge in [-0.2, -0.15) is 22.7 Å². The van der Waals surface area contributed by atoms with Gasteiger partial charge in [0.05, 0.1) is 23.6 Å². The van der Waals surface area contributed by atoms with Crippen LogP contribution in [0.2, 0.25) is 0 Å². The third-order valence-corrected chi connectivity index (χ3v) is 7.63. The summed E-state index contributed by atoms with van der Waals surface area (Å²) < 4.78 is 57.5. The second-order valence-corrected chi connectivity index (χ2v) is 11.4.